The molecule has 4 N–H and O–H groups in total. The summed E-state index contributed by atoms with van der Waals surface area (Å²) in [6.45, 7) is 4.16. The van der Waals surface area contributed by atoms with E-state index in [2.05, 4.69) is 13.8 Å². The van der Waals surface area contributed by atoms with Crippen molar-refractivity contribution in [2.24, 2.45) is 11.5 Å². The van der Waals surface area contributed by atoms with Crippen LogP contribution in [0.2, 0.25) is 0 Å². The van der Waals surface area contributed by atoms with Crippen LogP contribution in [0, 0.1) is 0 Å². The Morgan fingerprint density at radius 3 is 1.47 bits per heavy atom. The monoisotopic (exact) mass is 288 g/mol. The molecule has 0 saturated carbocycles. The van der Waals surface area contributed by atoms with Gasteiger partial charge in [-0.2, -0.15) is 0 Å². The number of hydrogen-bond donors (Lipinski definition) is 2. The van der Waals surface area contributed by atoms with Gasteiger partial charge in [-0.1, -0.05) is 39.5 Å². The zero-order valence-corrected chi connectivity index (χ0v) is 13.0. The maximum atomic E-state index is 12.4. The number of unbranched alkanes of at least 4 members (excludes halogenated alkanes) is 4. The van der Waals surface area contributed by atoms with Gasteiger partial charge >= 0.3 is 0 Å². The predicted octanol–water partition coefficient (Wildman–Crippen LogP) is 3.16. The van der Waals surface area contributed by atoms with Gasteiger partial charge in [-0.3, -0.25) is 0 Å². The summed E-state index contributed by atoms with van der Waals surface area (Å²) in [6.07, 6.45) is 9.21. The quantitative estimate of drug-likeness (QED) is 0.605. The molecule has 0 aliphatic heterocycles. The van der Waals surface area contributed by atoms with Gasteiger partial charge < -0.3 is 11.5 Å². The number of sulfone groups is 1. The van der Waals surface area contributed by atoms with Crippen LogP contribution in [0.1, 0.15) is 65.2 Å². The van der Waals surface area contributed by atoms with Crippen LogP contribution in [0.3, 0.4) is 0 Å². The van der Waals surface area contributed by atoms with Crippen molar-refractivity contribution in [2.75, 3.05) is 0 Å². The van der Waals surface area contributed by atoms with Gasteiger partial charge in [-0.05, 0) is 25.7 Å². The van der Waals surface area contributed by atoms with E-state index < -0.39 is 9.84 Å². The summed E-state index contributed by atoms with van der Waals surface area (Å²) in [6, 6.07) is 0. The smallest absolute Gasteiger partial charge is 0.201 e. The number of hydrogen-bond acceptors (Lipinski definition) is 4. The zero-order chi connectivity index (χ0) is 14.7. The lowest BCUT2D eigenvalue weighted by Gasteiger charge is -2.11. The first-order chi connectivity index (χ1) is 9.04. The molecular weight excluding hydrogens is 260 g/mol. The second kappa shape index (κ2) is 9.89. The molecule has 19 heavy (non-hydrogen) atoms. The summed E-state index contributed by atoms with van der Waals surface area (Å²) in [4.78, 5) is 0.600. The number of allylic oxidation sites excluding steroid dienone is 2. The molecule has 0 heterocycles. The van der Waals surface area contributed by atoms with Crippen LogP contribution in [0.15, 0.2) is 22.2 Å². The Bertz CT molecular complexity index is 366. The predicted molar refractivity (Wildman–Crippen MR) is 81.7 cm³/mol. The second-order valence-corrected chi connectivity index (χ2v) is 6.74. The van der Waals surface area contributed by atoms with Crippen LogP contribution in [-0.4, -0.2) is 8.42 Å². The van der Waals surface area contributed by atoms with E-state index in [9.17, 15) is 8.42 Å². The van der Waals surface area contributed by atoms with Crippen LogP contribution in [0.25, 0.3) is 0 Å². The topological polar surface area (TPSA) is 86.2 Å². The third-order valence-electron chi connectivity index (χ3n) is 3.12. The Labute approximate surface area is 117 Å². The Balaban J connectivity index is 4.78. The molecule has 0 aromatic rings. The average molecular weight is 288 g/mol. The third kappa shape index (κ3) is 6.14. The highest BCUT2D eigenvalue weighted by Gasteiger charge is 2.22. The molecule has 4 nitrogen and oxygen atoms in total. The lowest BCUT2D eigenvalue weighted by molar-refractivity contribution is 0.599. The first-order valence-corrected chi connectivity index (χ1v) is 8.59. The lowest BCUT2D eigenvalue weighted by atomic mass is 10.2. The summed E-state index contributed by atoms with van der Waals surface area (Å²) >= 11 is 0. The summed E-state index contributed by atoms with van der Waals surface area (Å²) in [5, 5.41) is 0. The maximum absolute atomic E-state index is 12.4. The molecule has 0 aliphatic rings. The van der Waals surface area contributed by atoms with Gasteiger partial charge in [0.05, 0.1) is 9.81 Å². The second-order valence-electron chi connectivity index (χ2n) is 4.68. The fraction of sp³-hybridized carbons (Fsp3) is 0.714. The Morgan fingerprint density at radius 1 is 0.842 bits per heavy atom. The maximum Gasteiger partial charge on any atom is 0.201 e. The third-order valence-corrected chi connectivity index (χ3v) is 5.18. The van der Waals surface area contributed by atoms with Crippen LogP contribution in [-0.2, 0) is 9.84 Å². The van der Waals surface area contributed by atoms with Crippen molar-refractivity contribution in [1.82, 2.24) is 0 Å². The van der Waals surface area contributed by atoms with E-state index in [0.717, 1.165) is 38.5 Å². The fourth-order valence-corrected chi connectivity index (χ4v) is 3.40. The summed E-state index contributed by atoms with van der Waals surface area (Å²) in [7, 11) is -3.45. The molecule has 5 heteroatoms. The van der Waals surface area contributed by atoms with E-state index >= 15 is 0 Å². The molecule has 0 atom stereocenters. The standard InChI is InChI=1S/C14H28N2O2S/c1-3-5-7-9-13(11-15)19(17,18)14(12-16)10-8-6-4-2/h11-12H,3-10,15-16H2,1-2H3/b13-11-,14-12-. The molecule has 0 aliphatic carbocycles. The molecule has 0 aromatic heterocycles. The Morgan fingerprint density at radius 2 is 1.21 bits per heavy atom. The SMILES string of the molecule is CCCCC/C(=C/N)S(=O)(=O)/C(=C\N)CCCCC. The van der Waals surface area contributed by atoms with Crippen molar-refractivity contribution in [3.63, 3.8) is 0 Å². The fourth-order valence-electron chi connectivity index (χ4n) is 1.88. The van der Waals surface area contributed by atoms with E-state index in [-0.39, 0.29) is 0 Å². The first-order valence-electron chi connectivity index (χ1n) is 7.11. The highest BCUT2D eigenvalue weighted by atomic mass is 32.2. The largest absolute Gasteiger partial charge is 0.404 e. The normalized spacial score (nSPS) is 13.8. The highest BCUT2D eigenvalue weighted by molar-refractivity contribution is 7.98. The lowest BCUT2D eigenvalue weighted by Crippen LogP contribution is -2.11. The van der Waals surface area contributed by atoms with E-state index in [1.807, 2.05) is 0 Å². The van der Waals surface area contributed by atoms with Crippen molar-refractivity contribution in [2.45, 2.75) is 65.2 Å². The van der Waals surface area contributed by atoms with E-state index in [0.29, 0.717) is 22.7 Å². The van der Waals surface area contributed by atoms with Gasteiger partial charge in [0.15, 0.2) is 0 Å². The molecule has 0 aromatic carbocycles. The van der Waals surface area contributed by atoms with Crippen molar-refractivity contribution in [3.05, 3.63) is 22.2 Å². The minimum atomic E-state index is -3.45. The molecule has 0 fully saturated rings. The van der Waals surface area contributed by atoms with Crippen LogP contribution in [0.4, 0.5) is 0 Å². The molecule has 0 amide bonds. The van der Waals surface area contributed by atoms with Crippen LogP contribution in [0.5, 0.6) is 0 Å². The molecular formula is C14H28N2O2S. The minimum Gasteiger partial charge on any atom is -0.404 e. The average Bonchev–Trinajstić information content (AvgIpc) is 2.39. The van der Waals surface area contributed by atoms with Gasteiger partial charge in [0.25, 0.3) is 0 Å². The van der Waals surface area contributed by atoms with E-state index in [1.165, 1.54) is 12.4 Å². The minimum absolute atomic E-state index is 0.300. The molecule has 0 unspecified atom stereocenters. The molecule has 112 valence electrons. The van der Waals surface area contributed by atoms with Crippen molar-refractivity contribution in [1.29, 1.82) is 0 Å². The molecule has 0 radical (unpaired) electrons. The number of nitrogens with two attached hydrogens (primary N) is 2. The van der Waals surface area contributed by atoms with Gasteiger partial charge in [-0.15, -0.1) is 0 Å². The molecule has 0 bridgehead atoms. The Kier molecular flexibility index (Phi) is 9.39. The van der Waals surface area contributed by atoms with Gasteiger partial charge in [0, 0.05) is 12.4 Å². The van der Waals surface area contributed by atoms with Crippen molar-refractivity contribution >= 4 is 9.84 Å². The van der Waals surface area contributed by atoms with Gasteiger partial charge in [0.2, 0.25) is 9.84 Å². The van der Waals surface area contributed by atoms with Crippen molar-refractivity contribution in [3.8, 4) is 0 Å². The highest BCUT2D eigenvalue weighted by Crippen LogP contribution is 2.25. The van der Waals surface area contributed by atoms with Crippen LogP contribution >= 0.6 is 0 Å². The summed E-state index contributed by atoms with van der Waals surface area (Å²) < 4.78 is 24.8. The van der Waals surface area contributed by atoms with Crippen molar-refractivity contribution < 1.29 is 8.42 Å². The Hall–Kier alpha value is -0.970. The summed E-state index contributed by atoms with van der Waals surface area (Å²) in [5.41, 5.74) is 11.0. The zero-order valence-electron chi connectivity index (χ0n) is 12.2. The van der Waals surface area contributed by atoms with Gasteiger partial charge in [-0.25, -0.2) is 8.42 Å². The molecule has 0 rings (SSSR count). The van der Waals surface area contributed by atoms with Gasteiger partial charge in [0.1, 0.15) is 0 Å². The molecule has 0 saturated heterocycles. The van der Waals surface area contributed by atoms with E-state index in [4.69, 9.17) is 11.5 Å². The number of rotatable bonds is 10. The molecule has 0 spiro atoms. The summed E-state index contributed by atoms with van der Waals surface area (Å²) in [5.74, 6) is 0. The van der Waals surface area contributed by atoms with E-state index in [1.54, 1.807) is 0 Å². The first kappa shape index (κ1) is 18.0. The van der Waals surface area contributed by atoms with Crippen LogP contribution < -0.4 is 11.5 Å².